The first kappa shape index (κ1) is 22.6. The van der Waals surface area contributed by atoms with Crippen LogP contribution in [0.25, 0.3) is 5.57 Å². The SMILES string of the molecule is C=CCN1c2ccccc2C(c2ccccc2)=C(C(=O)Nc2ccc(OC)c(Cl)c2)S1(=O)=O. The maximum atomic E-state index is 13.8. The van der Waals surface area contributed by atoms with E-state index in [2.05, 4.69) is 11.9 Å². The molecule has 0 spiro atoms. The monoisotopic (exact) mass is 480 g/mol. The van der Waals surface area contributed by atoms with E-state index in [1.54, 1.807) is 54.6 Å². The van der Waals surface area contributed by atoms with Gasteiger partial charge in [0, 0.05) is 16.8 Å². The summed E-state index contributed by atoms with van der Waals surface area (Å²) in [7, 11) is -2.72. The van der Waals surface area contributed by atoms with Gasteiger partial charge in [0.05, 0.1) is 24.4 Å². The van der Waals surface area contributed by atoms with E-state index >= 15 is 0 Å². The molecular formula is C25H21ClN2O4S. The highest BCUT2D eigenvalue weighted by atomic mass is 35.5. The van der Waals surface area contributed by atoms with Crippen LogP contribution >= 0.6 is 11.6 Å². The number of hydrogen-bond acceptors (Lipinski definition) is 4. The average Bonchev–Trinajstić information content (AvgIpc) is 2.81. The maximum absolute atomic E-state index is 13.8. The van der Waals surface area contributed by atoms with Crippen molar-refractivity contribution >= 4 is 44.5 Å². The highest BCUT2D eigenvalue weighted by Gasteiger charge is 2.40. The van der Waals surface area contributed by atoms with Crippen molar-refractivity contribution in [1.29, 1.82) is 0 Å². The summed E-state index contributed by atoms with van der Waals surface area (Å²) in [5, 5.41) is 2.97. The summed E-state index contributed by atoms with van der Waals surface area (Å²) >= 11 is 6.18. The fourth-order valence-electron chi connectivity index (χ4n) is 3.76. The molecule has 33 heavy (non-hydrogen) atoms. The Morgan fingerprint density at radius 3 is 2.45 bits per heavy atom. The number of anilines is 2. The number of hydrogen-bond donors (Lipinski definition) is 1. The van der Waals surface area contributed by atoms with Crippen LogP contribution < -0.4 is 14.4 Å². The molecule has 4 rings (SSSR count). The van der Waals surface area contributed by atoms with Gasteiger partial charge in [0.15, 0.2) is 4.91 Å². The van der Waals surface area contributed by atoms with E-state index in [-0.39, 0.29) is 16.5 Å². The van der Waals surface area contributed by atoms with Gasteiger partial charge in [-0.1, -0.05) is 66.2 Å². The maximum Gasteiger partial charge on any atom is 0.270 e. The normalized spacial score (nSPS) is 14.4. The number of amides is 1. The Balaban J connectivity index is 1.94. The number of nitrogens with one attached hydrogen (secondary N) is 1. The van der Waals surface area contributed by atoms with Gasteiger partial charge < -0.3 is 10.1 Å². The van der Waals surface area contributed by atoms with Crippen LogP contribution in [-0.2, 0) is 14.8 Å². The molecule has 0 aliphatic carbocycles. The van der Waals surface area contributed by atoms with Crippen LogP contribution in [0.3, 0.4) is 0 Å². The summed E-state index contributed by atoms with van der Waals surface area (Å²) in [6, 6.07) is 20.8. The summed E-state index contributed by atoms with van der Waals surface area (Å²) in [5.74, 6) is -0.325. The zero-order chi connectivity index (χ0) is 23.6. The van der Waals surface area contributed by atoms with E-state index in [1.165, 1.54) is 23.6 Å². The van der Waals surface area contributed by atoms with Crippen molar-refractivity contribution in [1.82, 2.24) is 0 Å². The molecule has 0 unspecified atom stereocenters. The highest BCUT2D eigenvalue weighted by molar-refractivity contribution is 7.97. The van der Waals surface area contributed by atoms with Gasteiger partial charge in [-0.05, 0) is 29.8 Å². The van der Waals surface area contributed by atoms with Crippen molar-refractivity contribution < 1.29 is 17.9 Å². The first-order valence-corrected chi connectivity index (χ1v) is 11.9. The Kier molecular flexibility index (Phi) is 6.26. The minimum absolute atomic E-state index is 0.0204. The van der Waals surface area contributed by atoms with Crippen LogP contribution in [0.4, 0.5) is 11.4 Å². The Bertz CT molecular complexity index is 1370. The molecule has 1 amide bonds. The van der Waals surface area contributed by atoms with Crippen molar-refractivity contribution in [2.75, 3.05) is 23.3 Å². The predicted octanol–water partition coefficient (Wildman–Crippen LogP) is 5.08. The number of sulfonamides is 1. The summed E-state index contributed by atoms with van der Waals surface area (Å²) < 4.78 is 33.9. The molecule has 6 nitrogen and oxygen atoms in total. The molecule has 1 N–H and O–H groups in total. The first-order chi connectivity index (χ1) is 15.9. The number of ether oxygens (including phenoxy) is 1. The van der Waals surface area contributed by atoms with E-state index in [1.807, 2.05) is 12.1 Å². The van der Waals surface area contributed by atoms with Crippen molar-refractivity contribution in [3.8, 4) is 5.75 Å². The van der Waals surface area contributed by atoms with Crippen LogP contribution in [0.1, 0.15) is 11.1 Å². The molecule has 1 aliphatic heterocycles. The van der Waals surface area contributed by atoms with Gasteiger partial charge in [0.25, 0.3) is 15.9 Å². The second-order valence-electron chi connectivity index (χ2n) is 7.22. The lowest BCUT2D eigenvalue weighted by Gasteiger charge is -2.32. The van der Waals surface area contributed by atoms with Crippen LogP contribution in [-0.4, -0.2) is 28.0 Å². The molecule has 0 saturated heterocycles. The zero-order valence-corrected chi connectivity index (χ0v) is 19.4. The standard InChI is InChI=1S/C25H21ClN2O4S/c1-3-15-28-21-12-8-7-11-19(21)23(17-9-5-4-6-10-17)24(33(28,30)31)25(29)27-18-13-14-22(32-2)20(26)16-18/h3-14,16H,1,15H2,2H3,(H,27,29). The van der Waals surface area contributed by atoms with Crippen LogP contribution in [0, 0.1) is 0 Å². The van der Waals surface area contributed by atoms with Gasteiger partial charge in [-0.25, -0.2) is 8.42 Å². The molecule has 8 heteroatoms. The molecule has 168 valence electrons. The molecule has 0 atom stereocenters. The van der Waals surface area contributed by atoms with Crippen LogP contribution in [0.2, 0.25) is 5.02 Å². The highest BCUT2D eigenvalue weighted by Crippen LogP contribution is 2.43. The lowest BCUT2D eigenvalue weighted by molar-refractivity contribution is -0.112. The number of carbonyl (C=O) groups excluding carboxylic acids is 1. The molecule has 0 radical (unpaired) electrons. The largest absolute Gasteiger partial charge is 0.495 e. The van der Waals surface area contributed by atoms with Crippen molar-refractivity contribution in [2.24, 2.45) is 0 Å². The smallest absolute Gasteiger partial charge is 0.270 e. The number of benzene rings is 3. The molecule has 0 aromatic heterocycles. The molecular weight excluding hydrogens is 460 g/mol. The number of carbonyl (C=O) groups is 1. The summed E-state index contributed by atoms with van der Waals surface area (Å²) in [6.07, 6.45) is 1.49. The van der Waals surface area contributed by atoms with E-state index < -0.39 is 15.9 Å². The van der Waals surface area contributed by atoms with Crippen molar-refractivity contribution in [2.45, 2.75) is 0 Å². The first-order valence-electron chi connectivity index (χ1n) is 10.1. The number of fused-ring (bicyclic) bond motifs is 1. The average molecular weight is 481 g/mol. The second kappa shape index (κ2) is 9.13. The summed E-state index contributed by atoms with van der Waals surface area (Å²) in [6.45, 7) is 3.71. The van der Waals surface area contributed by atoms with E-state index in [0.29, 0.717) is 33.8 Å². The van der Waals surface area contributed by atoms with E-state index in [9.17, 15) is 13.2 Å². The van der Waals surface area contributed by atoms with Crippen molar-refractivity contribution in [3.05, 3.63) is 107 Å². The fraction of sp³-hybridized carbons (Fsp3) is 0.0800. The molecule has 0 saturated carbocycles. The quantitative estimate of drug-likeness (QED) is 0.499. The molecule has 1 aliphatic rings. The number of para-hydroxylation sites is 1. The molecule has 1 heterocycles. The van der Waals surface area contributed by atoms with Crippen LogP contribution in [0.5, 0.6) is 5.75 Å². The van der Waals surface area contributed by atoms with Gasteiger partial charge in [0.2, 0.25) is 0 Å². The van der Waals surface area contributed by atoms with E-state index in [4.69, 9.17) is 16.3 Å². The predicted molar refractivity (Wildman–Crippen MR) is 132 cm³/mol. The zero-order valence-electron chi connectivity index (χ0n) is 17.8. The lowest BCUT2D eigenvalue weighted by Crippen LogP contribution is -2.39. The molecule has 3 aromatic carbocycles. The minimum Gasteiger partial charge on any atom is -0.495 e. The van der Waals surface area contributed by atoms with Gasteiger partial charge in [-0.3, -0.25) is 9.10 Å². The minimum atomic E-state index is -4.21. The molecule has 3 aromatic rings. The van der Waals surface area contributed by atoms with Gasteiger partial charge in [-0.2, -0.15) is 0 Å². The Hall–Kier alpha value is -3.55. The number of methoxy groups -OCH3 is 1. The lowest BCUT2D eigenvalue weighted by atomic mass is 9.95. The Morgan fingerprint density at radius 2 is 1.79 bits per heavy atom. The Labute approximate surface area is 197 Å². The Morgan fingerprint density at radius 1 is 1.09 bits per heavy atom. The number of rotatable bonds is 6. The van der Waals surface area contributed by atoms with Gasteiger partial charge in [0.1, 0.15) is 5.75 Å². The molecule has 0 bridgehead atoms. The van der Waals surface area contributed by atoms with Gasteiger partial charge >= 0.3 is 0 Å². The third kappa shape index (κ3) is 4.13. The topological polar surface area (TPSA) is 75.7 Å². The fourth-order valence-corrected chi connectivity index (χ4v) is 5.73. The third-order valence-corrected chi connectivity index (χ3v) is 7.32. The number of halogens is 1. The summed E-state index contributed by atoms with van der Waals surface area (Å²) in [4.78, 5) is 13.2. The van der Waals surface area contributed by atoms with Gasteiger partial charge in [-0.15, -0.1) is 6.58 Å². The molecule has 0 fully saturated rings. The summed E-state index contributed by atoms with van der Waals surface area (Å²) in [5.41, 5.74) is 2.42. The second-order valence-corrected chi connectivity index (χ2v) is 9.42. The third-order valence-electron chi connectivity index (χ3n) is 5.19. The van der Waals surface area contributed by atoms with Crippen molar-refractivity contribution in [3.63, 3.8) is 0 Å². The van der Waals surface area contributed by atoms with Crippen LogP contribution in [0.15, 0.2) is 90.4 Å². The number of nitrogens with zero attached hydrogens (tertiary/aromatic N) is 1. The van der Waals surface area contributed by atoms with E-state index in [0.717, 1.165) is 0 Å².